The van der Waals surface area contributed by atoms with Gasteiger partial charge in [-0.25, -0.2) is 0 Å². The van der Waals surface area contributed by atoms with Gasteiger partial charge in [-0.1, -0.05) is 0 Å². The molecular formula is C12H22N4O6. The molecule has 0 aliphatic rings. The molecule has 0 aromatic rings. The number of hydrogen-bond acceptors (Lipinski definition) is 6. The van der Waals surface area contributed by atoms with Crippen molar-refractivity contribution in [3.05, 3.63) is 0 Å². The van der Waals surface area contributed by atoms with Crippen LogP contribution in [0.1, 0.15) is 0 Å². The van der Waals surface area contributed by atoms with Gasteiger partial charge in [0, 0.05) is 27.2 Å². The molecule has 2 amide bonds. The van der Waals surface area contributed by atoms with Crippen molar-refractivity contribution in [2.45, 2.75) is 0 Å². The van der Waals surface area contributed by atoms with E-state index in [9.17, 15) is 19.2 Å². The van der Waals surface area contributed by atoms with Gasteiger partial charge in [-0.3, -0.25) is 29.0 Å². The molecule has 0 aliphatic carbocycles. The maximum absolute atomic E-state index is 11.3. The minimum Gasteiger partial charge on any atom is -0.480 e. The first-order chi connectivity index (χ1) is 10.3. The maximum atomic E-state index is 11.3. The van der Waals surface area contributed by atoms with E-state index in [1.807, 2.05) is 0 Å². The number of nitrogens with one attached hydrogen (secondary N) is 2. The van der Waals surface area contributed by atoms with E-state index in [4.69, 9.17) is 10.2 Å². The molecule has 0 unspecified atom stereocenters. The molecule has 0 heterocycles. The van der Waals surface area contributed by atoms with Crippen LogP contribution in [-0.2, 0) is 19.2 Å². The van der Waals surface area contributed by atoms with Gasteiger partial charge in [-0.15, -0.1) is 0 Å². The number of rotatable bonds is 11. The number of carboxylic acids is 2. The average molecular weight is 318 g/mol. The van der Waals surface area contributed by atoms with Crippen molar-refractivity contribution in [1.82, 2.24) is 20.4 Å². The number of hydrogen-bond donors (Lipinski definition) is 4. The van der Waals surface area contributed by atoms with Gasteiger partial charge in [-0.2, -0.15) is 0 Å². The Morgan fingerprint density at radius 3 is 1.27 bits per heavy atom. The quantitative estimate of drug-likeness (QED) is 0.321. The summed E-state index contributed by atoms with van der Waals surface area (Å²) in [6, 6.07) is 0. The van der Waals surface area contributed by atoms with E-state index in [2.05, 4.69) is 10.6 Å². The Labute approximate surface area is 128 Å². The Balaban J connectivity index is 4.63. The average Bonchev–Trinajstić information content (AvgIpc) is 2.42. The lowest BCUT2D eigenvalue weighted by molar-refractivity contribution is -0.141. The molecule has 126 valence electrons. The van der Waals surface area contributed by atoms with Gasteiger partial charge in [0.15, 0.2) is 0 Å². The van der Waals surface area contributed by atoms with Crippen molar-refractivity contribution in [1.29, 1.82) is 0 Å². The first-order valence-electron chi connectivity index (χ1n) is 6.58. The predicted octanol–water partition coefficient (Wildman–Crippen LogP) is -2.75. The largest absolute Gasteiger partial charge is 0.480 e. The molecule has 0 spiro atoms. The lowest BCUT2D eigenvalue weighted by Crippen LogP contribution is -2.45. The third kappa shape index (κ3) is 9.66. The summed E-state index contributed by atoms with van der Waals surface area (Å²) in [5, 5.41) is 22.4. The van der Waals surface area contributed by atoms with E-state index in [1.54, 1.807) is 0 Å². The maximum Gasteiger partial charge on any atom is 0.317 e. The summed E-state index contributed by atoms with van der Waals surface area (Å²) in [4.78, 5) is 46.9. The molecule has 22 heavy (non-hydrogen) atoms. The number of aliphatic carboxylic acids is 2. The fourth-order valence-electron chi connectivity index (χ4n) is 1.66. The first kappa shape index (κ1) is 19.8. The number of nitrogens with zero attached hydrogens (tertiary/aromatic N) is 2. The molecular weight excluding hydrogens is 296 g/mol. The number of likely N-dealkylation sites (N-methyl/N-ethyl adjacent to an activating group) is 2. The van der Waals surface area contributed by atoms with Gasteiger partial charge >= 0.3 is 11.9 Å². The lowest BCUT2D eigenvalue weighted by Gasteiger charge is -2.24. The molecule has 0 aromatic carbocycles. The fraction of sp³-hybridized carbons (Fsp3) is 0.667. The van der Waals surface area contributed by atoms with Crippen LogP contribution in [0, 0.1) is 0 Å². The molecule has 0 atom stereocenters. The molecule has 0 fully saturated rings. The molecule has 10 nitrogen and oxygen atoms in total. The van der Waals surface area contributed by atoms with E-state index >= 15 is 0 Å². The van der Waals surface area contributed by atoms with Crippen molar-refractivity contribution in [2.75, 3.05) is 53.4 Å². The molecule has 0 aromatic heterocycles. The summed E-state index contributed by atoms with van der Waals surface area (Å²) >= 11 is 0. The summed E-state index contributed by atoms with van der Waals surface area (Å²) in [6.45, 7) is -0.663. The Bertz CT molecular complexity index is 376. The van der Waals surface area contributed by atoms with E-state index in [0.717, 1.165) is 0 Å². The standard InChI is InChI=1S/C12H22N4O6/c1-13-9(17)5-15(7-11(19)20)3-4-16(8-12(21)22)6-10(18)14-2/h3-8H2,1-2H3,(H,13,17)(H,14,18)(H,19,20)(H,21,22). The topological polar surface area (TPSA) is 139 Å². The summed E-state index contributed by atoms with van der Waals surface area (Å²) < 4.78 is 0. The third-order valence-corrected chi connectivity index (χ3v) is 2.74. The van der Waals surface area contributed by atoms with Crippen LogP contribution in [0.25, 0.3) is 0 Å². The Morgan fingerprint density at radius 1 is 0.727 bits per heavy atom. The Hall–Kier alpha value is -2.20. The summed E-state index contributed by atoms with van der Waals surface area (Å²) in [6.07, 6.45) is 0. The predicted molar refractivity (Wildman–Crippen MR) is 76.3 cm³/mol. The van der Waals surface area contributed by atoms with Crippen LogP contribution in [0.15, 0.2) is 0 Å². The van der Waals surface area contributed by atoms with E-state index < -0.39 is 11.9 Å². The van der Waals surface area contributed by atoms with Crippen LogP contribution in [0.5, 0.6) is 0 Å². The van der Waals surface area contributed by atoms with Gasteiger partial charge < -0.3 is 20.8 Å². The van der Waals surface area contributed by atoms with E-state index in [0.29, 0.717) is 0 Å². The summed E-state index contributed by atoms with van der Waals surface area (Å²) in [5.41, 5.74) is 0. The Kier molecular flexibility index (Phi) is 9.46. The number of carbonyl (C=O) groups is 4. The molecule has 0 saturated carbocycles. The zero-order valence-electron chi connectivity index (χ0n) is 12.7. The second kappa shape index (κ2) is 10.5. The van der Waals surface area contributed by atoms with Gasteiger partial charge in [0.2, 0.25) is 11.8 Å². The highest BCUT2D eigenvalue weighted by atomic mass is 16.4. The fourth-order valence-corrected chi connectivity index (χ4v) is 1.66. The smallest absolute Gasteiger partial charge is 0.317 e. The van der Waals surface area contributed by atoms with Crippen LogP contribution in [-0.4, -0.2) is 97.1 Å². The van der Waals surface area contributed by atoms with Crippen molar-refractivity contribution < 1.29 is 29.4 Å². The van der Waals surface area contributed by atoms with Gasteiger partial charge in [0.25, 0.3) is 0 Å². The third-order valence-electron chi connectivity index (χ3n) is 2.74. The van der Waals surface area contributed by atoms with Crippen LogP contribution < -0.4 is 10.6 Å². The van der Waals surface area contributed by atoms with Crippen LogP contribution in [0.3, 0.4) is 0 Å². The van der Waals surface area contributed by atoms with Crippen LogP contribution in [0.4, 0.5) is 0 Å². The van der Waals surface area contributed by atoms with Gasteiger partial charge in [-0.05, 0) is 0 Å². The SMILES string of the molecule is CNC(=O)CN(CCN(CC(=O)O)CC(=O)NC)CC(=O)O. The second-order valence-corrected chi connectivity index (χ2v) is 4.56. The molecule has 0 rings (SSSR count). The molecule has 4 N–H and O–H groups in total. The highest BCUT2D eigenvalue weighted by Gasteiger charge is 2.17. The molecule has 0 aliphatic heterocycles. The normalized spacial score (nSPS) is 10.5. The minimum absolute atomic E-state index is 0.121. The molecule has 0 saturated heterocycles. The van der Waals surface area contributed by atoms with E-state index in [1.165, 1.54) is 23.9 Å². The minimum atomic E-state index is -1.10. The zero-order valence-corrected chi connectivity index (χ0v) is 12.7. The molecule has 0 bridgehead atoms. The van der Waals surface area contributed by atoms with Gasteiger partial charge in [0.05, 0.1) is 26.2 Å². The van der Waals surface area contributed by atoms with Crippen molar-refractivity contribution in [2.24, 2.45) is 0 Å². The lowest BCUT2D eigenvalue weighted by atomic mass is 10.3. The van der Waals surface area contributed by atoms with Crippen molar-refractivity contribution in [3.8, 4) is 0 Å². The number of amides is 2. The molecule has 0 radical (unpaired) electrons. The van der Waals surface area contributed by atoms with E-state index in [-0.39, 0.29) is 51.1 Å². The highest BCUT2D eigenvalue weighted by Crippen LogP contribution is 1.94. The van der Waals surface area contributed by atoms with Crippen LogP contribution in [0.2, 0.25) is 0 Å². The molecule has 10 heteroatoms. The summed E-state index contributed by atoms with van der Waals surface area (Å²) in [5.74, 6) is -2.89. The summed E-state index contributed by atoms with van der Waals surface area (Å²) in [7, 11) is 2.87. The zero-order chi connectivity index (χ0) is 17.1. The van der Waals surface area contributed by atoms with Gasteiger partial charge in [0.1, 0.15) is 0 Å². The van der Waals surface area contributed by atoms with Crippen molar-refractivity contribution >= 4 is 23.8 Å². The first-order valence-corrected chi connectivity index (χ1v) is 6.58. The number of carboxylic acid groups (broad SMARTS) is 2. The van der Waals surface area contributed by atoms with Crippen molar-refractivity contribution in [3.63, 3.8) is 0 Å². The Morgan fingerprint density at radius 2 is 1.05 bits per heavy atom. The highest BCUT2D eigenvalue weighted by molar-refractivity contribution is 5.79. The number of carbonyl (C=O) groups excluding carboxylic acids is 2. The van der Waals surface area contributed by atoms with Crippen LogP contribution >= 0.6 is 0 Å². The monoisotopic (exact) mass is 318 g/mol. The second-order valence-electron chi connectivity index (χ2n) is 4.56.